The Balaban J connectivity index is 0.000000151. The van der Waals surface area contributed by atoms with Gasteiger partial charge >= 0.3 is 0 Å². The summed E-state index contributed by atoms with van der Waals surface area (Å²) in [4.78, 5) is 2.57. The Morgan fingerprint density at radius 1 is 0.385 bits per heavy atom. The highest BCUT2D eigenvalue weighted by molar-refractivity contribution is 7.99. The first-order chi connectivity index (χ1) is 12.9. The van der Waals surface area contributed by atoms with Crippen molar-refractivity contribution < 1.29 is 0 Å². The van der Waals surface area contributed by atoms with Crippen molar-refractivity contribution in [1.29, 1.82) is 0 Å². The SMILES string of the molecule is c1ccc(Pc2ccccc2)cc1.c1ccc(Sc2ccccc2)cc1. The number of rotatable bonds is 4. The molecule has 0 aliphatic carbocycles. The minimum Gasteiger partial charge on any atom is -0.0901 e. The molecule has 0 aliphatic heterocycles. The molecular formula is C24H21PS. The number of benzene rings is 4. The van der Waals surface area contributed by atoms with Gasteiger partial charge in [-0.1, -0.05) is 117 Å². The second-order valence-electron chi connectivity index (χ2n) is 5.59. The molecule has 26 heavy (non-hydrogen) atoms. The van der Waals surface area contributed by atoms with Gasteiger partial charge in [0.2, 0.25) is 0 Å². The van der Waals surface area contributed by atoms with Crippen molar-refractivity contribution in [2.75, 3.05) is 0 Å². The maximum Gasteiger partial charge on any atom is 0.0122 e. The van der Waals surface area contributed by atoms with E-state index < -0.39 is 0 Å². The van der Waals surface area contributed by atoms with Gasteiger partial charge < -0.3 is 0 Å². The fraction of sp³-hybridized carbons (Fsp3) is 0. The average molecular weight is 372 g/mol. The standard InChI is InChI=1S/C12H11P.C12H10S/c2*1-3-7-11(8-4-1)13-12-9-5-2-6-10-12/h1-10,13H;1-10H. The normalized spacial score (nSPS) is 9.85. The van der Waals surface area contributed by atoms with E-state index in [1.807, 2.05) is 12.1 Å². The molecule has 0 unspecified atom stereocenters. The van der Waals surface area contributed by atoms with Gasteiger partial charge in [-0.15, -0.1) is 0 Å². The van der Waals surface area contributed by atoms with E-state index in [4.69, 9.17) is 0 Å². The van der Waals surface area contributed by atoms with Crippen molar-refractivity contribution in [3.05, 3.63) is 121 Å². The summed E-state index contributed by atoms with van der Waals surface area (Å²) in [7, 11) is 0.777. The molecule has 0 N–H and O–H groups in total. The first kappa shape index (κ1) is 18.5. The molecule has 0 saturated heterocycles. The topological polar surface area (TPSA) is 0 Å². The van der Waals surface area contributed by atoms with E-state index in [0.717, 1.165) is 8.58 Å². The summed E-state index contributed by atoms with van der Waals surface area (Å²) in [6.07, 6.45) is 0. The van der Waals surface area contributed by atoms with E-state index >= 15 is 0 Å². The Morgan fingerprint density at radius 2 is 0.692 bits per heavy atom. The van der Waals surface area contributed by atoms with Crippen molar-refractivity contribution in [3.63, 3.8) is 0 Å². The van der Waals surface area contributed by atoms with Crippen LogP contribution < -0.4 is 10.6 Å². The Hall–Kier alpha value is -2.34. The van der Waals surface area contributed by atoms with Crippen LogP contribution in [0, 0.1) is 0 Å². The monoisotopic (exact) mass is 372 g/mol. The second kappa shape index (κ2) is 10.6. The van der Waals surface area contributed by atoms with Crippen LogP contribution in [0.25, 0.3) is 0 Å². The predicted molar refractivity (Wildman–Crippen MR) is 117 cm³/mol. The average Bonchev–Trinajstić information content (AvgIpc) is 2.72. The molecule has 0 radical (unpaired) electrons. The fourth-order valence-corrected chi connectivity index (χ4v) is 4.23. The van der Waals surface area contributed by atoms with Gasteiger partial charge in [0.1, 0.15) is 0 Å². The van der Waals surface area contributed by atoms with Crippen LogP contribution in [0.2, 0.25) is 0 Å². The molecule has 0 atom stereocenters. The van der Waals surface area contributed by atoms with Gasteiger partial charge in [0.25, 0.3) is 0 Å². The third-order valence-corrected chi connectivity index (χ3v) is 5.82. The Labute approximate surface area is 162 Å². The minimum atomic E-state index is 0.777. The van der Waals surface area contributed by atoms with Crippen LogP contribution in [-0.2, 0) is 0 Å². The van der Waals surface area contributed by atoms with E-state index in [9.17, 15) is 0 Å². The van der Waals surface area contributed by atoms with E-state index in [2.05, 4.69) is 109 Å². The molecule has 0 fully saturated rings. The van der Waals surface area contributed by atoms with Gasteiger partial charge in [0.15, 0.2) is 0 Å². The molecule has 0 aromatic heterocycles. The molecular weight excluding hydrogens is 351 g/mol. The van der Waals surface area contributed by atoms with Gasteiger partial charge in [0, 0.05) is 9.79 Å². The summed E-state index contributed by atoms with van der Waals surface area (Å²) >= 11 is 1.79. The van der Waals surface area contributed by atoms with Crippen molar-refractivity contribution in [3.8, 4) is 0 Å². The summed E-state index contributed by atoms with van der Waals surface area (Å²) in [5.41, 5.74) is 0. The lowest BCUT2D eigenvalue weighted by Crippen LogP contribution is -2.01. The largest absolute Gasteiger partial charge is 0.0901 e. The van der Waals surface area contributed by atoms with Crippen LogP contribution in [0.15, 0.2) is 131 Å². The molecule has 0 aliphatic rings. The van der Waals surface area contributed by atoms with Crippen LogP contribution in [0.3, 0.4) is 0 Å². The Morgan fingerprint density at radius 3 is 1.04 bits per heavy atom. The predicted octanol–water partition coefficient (Wildman–Crippen LogP) is 6.15. The van der Waals surface area contributed by atoms with Gasteiger partial charge in [0.05, 0.1) is 0 Å². The van der Waals surface area contributed by atoms with Crippen LogP contribution >= 0.6 is 20.3 Å². The van der Waals surface area contributed by atoms with Gasteiger partial charge in [-0.05, 0) is 34.9 Å². The zero-order valence-electron chi connectivity index (χ0n) is 14.5. The second-order valence-corrected chi connectivity index (χ2v) is 8.14. The lowest BCUT2D eigenvalue weighted by atomic mass is 10.4. The zero-order valence-corrected chi connectivity index (χ0v) is 16.3. The number of hydrogen-bond donors (Lipinski definition) is 0. The maximum atomic E-state index is 2.17. The van der Waals surface area contributed by atoms with Crippen molar-refractivity contribution in [2.24, 2.45) is 0 Å². The first-order valence-electron chi connectivity index (χ1n) is 8.55. The highest BCUT2D eigenvalue weighted by Gasteiger charge is 1.93. The molecule has 2 heteroatoms. The first-order valence-corrected chi connectivity index (χ1v) is 10.4. The molecule has 0 nitrogen and oxygen atoms in total. The van der Waals surface area contributed by atoms with E-state index in [0.29, 0.717) is 0 Å². The molecule has 4 aromatic rings. The number of hydrogen-bond acceptors (Lipinski definition) is 1. The summed E-state index contributed by atoms with van der Waals surface area (Å²) in [5, 5.41) is 2.79. The quantitative estimate of drug-likeness (QED) is 0.387. The highest BCUT2D eigenvalue weighted by Crippen LogP contribution is 2.26. The van der Waals surface area contributed by atoms with Crippen LogP contribution in [0.5, 0.6) is 0 Å². The molecule has 0 bridgehead atoms. The molecule has 128 valence electrons. The van der Waals surface area contributed by atoms with E-state index in [1.165, 1.54) is 20.4 Å². The van der Waals surface area contributed by atoms with Gasteiger partial charge in [-0.25, -0.2) is 0 Å². The molecule has 0 amide bonds. The van der Waals surface area contributed by atoms with Crippen LogP contribution in [0.4, 0.5) is 0 Å². The molecule has 0 spiro atoms. The summed E-state index contributed by atoms with van der Waals surface area (Å²) in [6.45, 7) is 0. The fourth-order valence-electron chi connectivity index (χ4n) is 2.32. The summed E-state index contributed by atoms with van der Waals surface area (Å²) in [5.74, 6) is 0. The van der Waals surface area contributed by atoms with Crippen molar-refractivity contribution >= 4 is 31.0 Å². The summed E-state index contributed by atoms with van der Waals surface area (Å²) in [6, 6.07) is 42.0. The molecule has 4 aromatic carbocycles. The Bertz CT molecular complexity index is 711. The highest BCUT2D eigenvalue weighted by atomic mass is 32.2. The lowest BCUT2D eigenvalue weighted by molar-refractivity contribution is 1.41. The van der Waals surface area contributed by atoms with E-state index in [1.54, 1.807) is 11.8 Å². The van der Waals surface area contributed by atoms with Crippen molar-refractivity contribution in [1.82, 2.24) is 0 Å². The van der Waals surface area contributed by atoms with Gasteiger partial charge in [-0.2, -0.15) is 0 Å². The maximum absolute atomic E-state index is 2.17. The van der Waals surface area contributed by atoms with Crippen molar-refractivity contribution in [2.45, 2.75) is 9.79 Å². The van der Waals surface area contributed by atoms with E-state index in [-0.39, 0.29) is 0 Å². The van der Waals surface area contributed by atoms with Crippen LogP contribution in [0.1, 0.15) is 0 Å². The lowest BCUT2D eigenvalue weighted by Gasteiger charge is -2.00. The smallest absolute Gasteiger partial charge is 0.0122 e. The van der Waals surface area contributed by atoms with Gasteiger partial charge in [-0.3, -0.25) is 0 Å². The third-order valence-electron chi connectivity index (χ3n) is 3.56. The minimum absolute atomic E-state index is 0.777. The molecule has 0 heterocycles. The molecule has 0 saturated carbocycles. The summed E-state index contributed by atoms with van der Waals surface area (Å²) < 4.78 is 0. The zero-order chi connectivity index (χ0) is 17.9. The van der Waals surface area contributed by atoms with Crippen LogP contribution in [-0.4, -0.2) is 0 Å². The molecule has 4 rings (SSSR count). The Kier molecular flexibility index (Phi) is 7.53. The third kappa shape index (κ3) is 6.52.